The molecule has 0 amide bonds. The third kappa shape index (κ3) is 2.93. The van der Waals surface area contributed by atoms with Crippen LogP contribution >= 0.6 is 11.6 Å². The summed E-state index contributed by atoms with van der Waals surface area (Å²) in [4.78, 5) is 8.76. The van der Waals surface area contributed by atoms with E-state index in [0.29, 0.717) is 33.9 Å². The molecular formula is C15H15ClFN3O. The molecule has 21 heavy (non-hydrogen) atoms. The van der Waals surface area contributed by atoms with Gasteiger partial charge >= 0.3 is 0 Å². The summed E-state index contributed by atoms with van der Waals surface area (Å²) < 4.78 is 19.0. The summed E-state index contributed by atoms with van der Waals surface area (Å²) in [6, 6.07) is 4.50. The highest BCUT2D eigenvalue weighted by molar-refractivity contribution is 6.30. The topological polar surface area (TPSA) is 47.0 Å². The molecule has 0 bridgehead atoms. The van der Waals surface area contributed by atoms with E-state index in [1.165, 1.54) is 13.2 Å². The molecular weight excluding hydrogens is 293 g/mol. The lowest BCUT2D eigenvalue weighted by Crippen LogP contribution is -2.04. The monoisotopic (exact) mass is 307 g/mol. The number of hydrogen-bond acceptors (Lipinski definition) is 4. The van der Waals surface area contributed by atoms with Gasteiger partial charge in [0.25, 0.3) is 0 Å². The summed E-state index contributed by atoms with van der Waals surface area (Å²) >= 11 is 6.15. The molecule has 1 N–H and O–H groups in total. The quantitative estimate of drug-likeness (QED) is 0.860. The minimum Gasteiger partial charge on any atom is -0.497 e. The van der Waals surface area contributed by atoms with Gasteiger partial charge in [-0.05, 0) is 31.9 Å². The Morgan fingerprint density at radius 2 is 2.10 bits per heavy atom. The highest BCUT2D eigenvalue weighted by atomic mass is 35.5. The van der Waals surface area contributed by atoms with Crippen molar-refractivity contribution in [2.75, 3.05) is 12.4 Å². The normalized spacial score (nSPS) is 14.1. The molecule has 6 heteroatoms. The Kier molecular flexibility index (Phi) is 3.68. The number of nitrogens with one attached hydrogen (secondary N) is 1. The molecule has 4 nitrogen and oxygen atoms in total. The van der Waals surface area contributed by atoms with E-state index in [9.17, 15) is 4.39 Å². The predicted molar refractivity (Wildman–Crippen MR) is 80.0 cm³/mol. The lowest BCUT2D eigenvalue weighted by atomic mass is 10.2. The van der Waals surface area contributed by atoms with Crippen molar-refractivity contribution in [1.29, 1.82) is 0 Å². The van der Waals surface area contributed by atoms with Crippen molar-refractivity contribution in [3.63, 3.8) is 0 Å². The molecule has 0 atom stereocenters. The second kappa shape index (κ2) is 5.48. The van der Waals surface area contributed by atoms with Crippen LogP contribution in [0, 0.1) is 12.7 Å². The van der Waals surface area contributed by atoms with Crippen molar-refractivity contribution in [3.8, 4) is 5.75 Å². The fourth-order valence-electron chi connectivity index (χ4n) is 2.01. The molecule has 1 heterocycles. The molecule has 1 aliphatic carbocycles. The molecule has 1 aromatic carbocycles. The standard InChI is InChI=1S/C15H15ClFN3O/c1-8-13(16)19-15(9-3-4-9)20-14(8)18-12-7-10(21-2)5-6-11(12)17/h5-7,9H,3-4H2,1-2H3,(H,18,19,20). The molecule has 2 aromatic rings. The van der Waals surface area contributed by atoms with Crippen LogP contribution in [0.25, 0.3) is 0 Å². The Balaban J connectivity index is 1.97. The van der Waals surface area contributed by atoms with E-state index < -0.39 is 0 Å². The van der Waals surface area contributed by atoms with E-state index in [2.05, 4.69) is 15.3 Å². The van der Waals surface area contributed by atoms with Gasteiger partial charge in [-0.1, -0.05) is 11.6 Å². The molecule has 0 saturated heterocycles. The van der Waals surface area contributed by atoms with Gasteiger partial charge in [-0.2, -0.15) is 0 Å². The Bertz CT molecular complexity index is 689. The number of nitrogens with zero attached hydrogens (tertiary/aromatic N) is 2. The first-order valence-electron chi connectivity index (χ1n) is 6.73. The number of rotatable bonds is 4. The first kappa shape index (κ1) is 14.1. The number of halogens is 2. The van der Waals surface area contributed by atoms with Crippen LogP contribution in [0.2, 0.25) is 5.15 Å². The summed E-state index contributed by atoms with van der Waals surface area (Å²) in [5.41, 5.74) is 0.997. The molecule has 1 aromatic heterocycles. The zero-order chi connectivity index (χ0) is 15.0. The fraction of sp³-hybridized carbons (Fsp3) is 0.333. The van der Waals surface area contributed by atoms with Crippen LogP contribution < -0.4 is 10.1 Å². The lowest BCUT2D eigenvalue weighted by Gasteiger charge is -2.12. The molecule has 0 aliphatic heterocycles. The molecule has 1 fully saturated rings. The average Bonchev–Trinajstić information content (AvgIpc) is 3.30. The van der Waals surface area contributed by atoms with E-state index in [1.807, 2.05) is 0 Å². The second-order valence-electron chi connectivity index (χ2n) is 5.09. The average molecular weight is 308 g/mol. The van der Waals surface area contributed by atoms with Crippen LogP contribution in [0.5, 0.6) is 5.75 Å². The van der Waals surface area contributed by atoms with Gasteiger partial charge in [0.2, 0.25) is 0 Å². The fourth-order valence-corrected chi connectivity index (χ4v) is 2.18. The van der Waals surface area contributed by atoms with Crippen LogP contribution in [0.4, 0.5) is 15.9 Å². The maximum atomic E-state index is 13.9. The van der Waals surface area contributed by atoms with Crippen molar-refractivity contribution >= 4 is 23.1 Å². The van der Waals surface area contributed by atoms with Gasteiger partial charge in [0.15, 0.2) is 0 Å². The van der Waals surface area contributed by atoms with Crippen LogP contribution in [0.15, 0.2) is 18.2 Å². The highest BCUT2D eigenvalue weighted by Gasteiger charge is 2.28. The first-order chi connectivity index (χ1) is 10.1. The Morgan fingerprint density at radius 3 is 2.76 bits per heavy atom. The predicted octanol–water partition coefficient (Wildman–Crippen LogP) is 4.21. The van der Waals surface area contributed by atoms with E-state index in [1.54, 1.807) is 19.1 Å². The van der Waals surface area contributed by atoms with E-state index >= 15 is 0 Å². The van der Waals surface area contributed by atoms with Crippen molar-refractivity contribution < 1.29 is 9.13 Å². The van der Waals surface area contributed by atoms with Gasteiger partial charge in [-0.15, -0.1) is 0 Å². The smallest absolute Gasteiger partial charge is 0.146 e. The number of methoxy groups -OCH3 is 1. The Labute approximate surface area is 127 Å². The SMILES string of the molecule is COc1ccc(F)c(Nc2nc(C3CC3)nc(Cl)c2C)c1. The number of hydrogen-bond donors (Lipinski definition) is 1. The summed E-state index contributed by atoms with van der Waals surface area (Å²) in [6.45, 7) is 1.80. The van der Waals surface area contributed by atoms with E-state index in [4.69, 9.17) is 16.3 Å². The molecule has 0 unspecified atom stereocenters. The largest absolute Gasteiger partial charge is 0.497 e. The van der Waals surface area contributed by atoms with Crippen LogP contribution in [-0.4, -0.2) is 17.1 Å². The van der Waals surface area contributed by atoms with Crippen LogP contribution in [-0.2, 0) is 0 Å². The zero-order valence-corrected chi connectivity index (χ0v) is 12.5. The number of anilines is 2. The van der Waals surface area contributed by atoms with Crippen molar-refractivity contribution in [2.24, 2.45) is 0 Å². The maximum Gasteiger partial charge on any atom is 0.146 e. The van der Waals surface area contributed by atoms with Gasteiger partial charge in [-0.3, -0.25) is 0 Å². The van der Waals surface area contributed by atoms with Crippen LogP contribution in [0.1, 0.15) is 30.1 Å². The maximum absolute atomic E-state index is 13.9. The van der Waals surface area contributed by atoms with Gasteiger partial charge in [0.1, 0.15) is 28.4 Å². The first-order valence-corrected chi connectivity index (χ1v) is 7.11. The third-order valence-electron chi connectivity index (χ3n) is 3.47. The molecule has 3 rings (SSSR count). The minimum absolute atomic E-state index is 0.300. The zero-order valence-electron chi connectivity index (χ0n) is 11.8. The summed E-state index contributed by atoms with van der Waals surface area (Å²) in [6.07, 6.45) is 2.15. The molecule has 1 saturated carbocycles. The molecule has 0 radical (unpaired) electrons. The molecule has 1 aliphatic rings. The van der Waals surface area contributed by atoms with Crippen LogP contribution in [0.3, 0.4) is 0 Å². The van der Waals surface area contributed by atoms with Gasteiger partial charge in [-0.25, -0.2) is 14.4 Å². The van der Waals surface area contributed by atoms with E-state index in [-0.39, 0.29) is 5.82 Å². The summed E-state index contributed by atoms with van der Waals surface area (Å²) in [7, 11) is 1.54. The Hall–Kier alpha value is -1.88. The van der Waals surface area contributed by atoms with Gasteiger partial charge in [0, 0.05) is 17.5 Å². The Morgan fingerprint density at radius 1 is 1.33 bits per heavy atom. The van der Waals surface area contributed by atoms with E-state index in [0.717, 1.165) is 18.7 Å². The number of aromatic nitrogens is 2. The highest BCUT2D eigenvalue weighted by Crippen LogP contribution is 2.40. The molecule has 110 valence electrons. The van der Waals surface area contributed by atoms with Crippen molar-refractivity contribution in [2.45, 2.75) is 25.7 Å². The third-order valence-corrected chi connectivity index (χ3v) is 3.84. The second-order valence-corrected chi connectivity index (χ2v) is 5.45. The van der Waals surface area contributed by atoms with Gasteiger partial charge in [0.05, 0.1) is 12.8 Å². The van der Waals surface area contributed by atoms with Gasteiger partial charge < -0.3 is 10.1 Å². The number of benzene rings is 1. The number of ether oxygens (including phenoxy) is 1. The lowest BCUT2D eigenvalue weighted by molar-refractivity contribution is 0.414. The van der Waals surface area contributed by atoms with Crippen molar-refractivity contribution in [3.05, 3.63) is 40.6 Å². The van der Waals surface area contributed by atoms with Crippen molar-refractivity contribution in [1.82, 2.24) is 9.97 Å². The summed E-state index contributed by atoms with van der Waals surface area (Å²) in [5, 5.41) is 3.39. The minimum atomic E-state index is -0.377. The summed E-state index contributed by atoms with van der Waals surface area (Å²) in [5.74, 6) is 1.82. The molecule has 0 spiro atoms.